The second kappa shape index (κ2) is 5.51. The summed E-state index contributed by atoms with van der Waals surface area (Å²) in [5.74, 6) is 0.624. The summed E-state index contributed by atoms with van der Waals surface area (Å²) in [6.07, 6.45) is 4.86. The first-order valence-corrected chi connectivity index (χ1v) is 5.43. The lowest BCUT2D eigenvalue weighted by molar-refractivity contribution is 1.31. The summed E-state index contributed by atoms with van der Waals surface area (Å²) in [4.78, 5) is 4.16. The van der Waals surface area contributed by atoms with Crippen molar-refractivity contribution in [2.45, 2.75) is 0 Å². The van der Waals surface area contributed by atoms with E-state index in [4.69, 9.17) is 11.0 Å². The molecule has 0 saturated heterocycles. The van der Waals surface area contributed by atoms with Crippen LogP contribution in [0.4, 0.5) is 17.2 Å². The topological polar surface area (TPSA) is 74.7 Å². The van der Waals surface area contributed by atoms with Crippen LogP contribution in [0.3, 0.4) is 0 Å². The van der Waals surface area contributed by atoms with Crippen LogP contribution in [0.5, 0.6) is 0 Å². The molecule has 0 saturated carbocycles. The van der Waals surface area contributed by atoms with E-state index in [1.807, 2.05) is 30.3 Å². The molecule has 3 N–H and O–H groups in total. The maximum atomic E-state index is 8.49. The quantitative estimate of drug-likeness (QED) is 0.803. The van der Waals surface area contributed by atoms with Gasteiger partial charge in [0, 0.05) is 18.0 Å². The lowest BCUT2D eigenvalue weighted by Crippen LogP contribution is -1.98. The molecule has 18 heavy (non-hydrogen) atoms. The molecule has 0 spiro atoms. The van der Waals surface area contributed by atoms with Crippen molar-refractivity contribution in [3.63, 3.8) is 0 Å². The number of anilines is 3. The average Bonchev–Trinajstić information content (AvgIpc) is 2.40. The van der Waals surface area contributed by atoms with Gasteiger partial charge in [0.25, 0.3) is 0 Å². The molecule has 0 radical (unpaired) electrons. The number of aromatic nitrogens is 1. The van der Waals surface area contributed by atoms with Crippen molar-refractivity contribution in [3.05, 3.63) is 54.2 Å². The minimum atomic E-state index is 0.593. The molecule has 0 aliphatic carbocycles. The number of nitrogens with zero attached hydrogens (tertiary/aromatic N) is 2. The molecule has 1 aromatic heterocycles. The van der Waals surface area contributed by atoms with Crippen molar-refractivity contribution >= 4 is 23.3 Å². The second-order valence-electron chi connectivity index (χ2n) is 3.65. The van der Waals surface area contributed by atoms with E-state index in [-0.39, 0.29) is 0 Å². The third kappa shape index (κ3) is 2.86. The minimum Gasteiger partial charge on any atom is -0.396 e. The van der Waals surface area contributed by atoms with Gasteiger partial charge in [0.2, 0.25) is 0 Å². The van der Waals surface area contributed by atoms with Gasteiger partial charge in [0.15, 0.2) is 5.82 Å². The summed E-state index contributed by atoms with van der Waals surface area (Å²) in [6, 6.07) is 13.2. The predicted molar refractivity (Wildman–Crippen MR) is 73.0 cm³/mol. The monoisotopic (exact) mass is 236 g/mol. The zero-order chi connectivity index (χ0) is 12.8. The molecule has 0 bridgehead atoms. The SMILES string of the molecule is N#C/C=C/c1cccc(Nc2ncccc2N)c1. The molecule has 4 heteroatoms. The van der Waals surface area contributed by atoms with E-state index in [0.29, 0.717) is 11.5 Å². The lowest BCUT2D eigenvalue weighted by atomic mass is 10.2. The lowest BCUT2D eigenvalue weighted by Gasteiger charge is -2.08. The number of nitriles is 1. The predicted octanol–water partition coefficient (Wildman–Crippen LogP) is 2.94. The Labute approximate surface area is 105 Å². The standard InChI is InChI=1S/C14H12N4/c15-8-2-5-11-4-1-6-12(10-11)18-14-13(16)7-3-9-17-14/h1-7,9-10H,16H2,(H,17,18)/b5-2+. The highest BCUT2D eigenvalue weighted by molar-refractivity contribution is 5.70. The third-order valence-electron chi connectivity index (χ3n) is 2.34. The number of hydrogen-bond acceptors (Lipinski definition) is 4. The molecule has 1 heterocycles. The highest BCUT2D eigenvalue weighted by Crippen LogP contribution is 2.20. The third-order valence-corrected chi connectivity index (χ3v) is 2.34. The summed E-state index contributed by atoms with van der Waals surface area (Å²) in [7, 11) is 0. The molecular weight excluding hydrogens is 224 g/mol. The highest BCUT2D eigenvalue weighted by Gasteiger charge is 1.99. The molecule has 0 amide bonds. The molecule has 2 rings (SSSR count). The van der Waals surface area contributed by atoms with Gasteiger partial charge in [-0.3, -0.25) is 0 Å². The van der Waals surface area contributed by atoms with Crippen LogP contribution in [0.2, 0.25) is 0 Å². The van der Waals surface area contributed by atoms with E-state index >= 15 is 0 Å². The average molecular weight is 236 g/mol. The van der Waals surface area contributed by atoms with Crippen LogP contribution in [0.1, 0.15) is 5.56 Å². The molecule has 0 aliphatic rings. The summed E-state index contributed by atoms with van der Waals surface area (Å²) in [5.41, 5.74) is 8.21. The van der Waals surface area contributed by atoms with Gasteiger partial charge in [0.1, 0.15) is 0 Å². The number of nitrogens with two attached hydrogens (primary N) is 1. The van der Waals surface area contributed by atoms with Crippen LogP contribution < -0.4 is 11.1 Å². The molecule has 4 nitrogen and oxygen atoms in total. The van der Waals surface area contributed by atoms with E-state index in [0.717, 1.165) is 11.3 Å². The van der Waals surface area contributed by atoms with E-state index in [9.17, 15) is 0 Å². The number of hydrogen-bond donors (Lipinski definition) is 2. The Morgan fingerprint density at radius 3 is 2.94 bits per heavy atom. The Morgan fingerprint density at radius 2 is 2.17 bits per heavy atom. The minimum absolute atomic E-state index is 0.593. The molecule has 0 unspecified atom stereocenters. The first-order valence-electron chi connectivity index (χ1n) is 5.43. The van der Waals surface area contributed by atoms with E-state index in [1.165, 1.54) is 6.08 Å². The van der Waals surface area contributed by atoms with Crippen LogP contribution >= 0.6 is 0 Å². The van der Waals surface area contributed by atoms with Crippen LogP contribution in [0.15, 0.2) is 48.7 Å². The van der Waals surface area contributed by atoms with Crippen LogP contribution in [0.25, 0.3) is 6.08 Å². The van der Waals surface area contributed by atoms with Crippen molar-refractivity contribution in [2.24, 2.45) is 0 Å². The van der Waals surface area contributed by atoms with Gasteiger partial charge in [-0.15, -0.1) is 0 Å². The summed E-state index contributed by atoms with van der Waals surface area (Å²) < 4.78 is 0. The van der Waals surface area contributed by atoms with E-state index < -0.39 is 0 Å². The van der Waals surface area contributed by atoms with E-state index in [1.54, 1.807) is 24.4 Å². The zero-order valence-corrected chi connectivity index (χ0v) is 9.67. The fourth-order valence-electron chi connectivity index (χ4n) is 1.51. The Bertz CT molecular complexity index is 611. The van der Waals surface area contributed by atoms with Gasteiger partial charge in [0.05, 0.1) is 11.8 Å². The molecule has 1 aromatic carbocycles. The van der Waals surface area contributed by atoms with Gasteiger partial charge in [-0.25, -0.2) is 4.98 Å². The summed E-state index contributed by atoms with van der Waals surface area (Å²) >= 11 is 0. The van der Waals surface area contributed by atoms with Crippen molar-refractivity contribution in [2.75, 3.05) is 11.1 Å². The smallest absolute Gasteiger partial charge is 0.153 e. The largest absolute Gasteiger partial charge is 0.396 e. The Balaban J connectivity index is 2.23. The fraction of sp³-hybridized carbons (Fsp3) is 0. The van der Waals surface area contributed by atoms with Gasteiger partial charge in [-0.05, 0) is 35.9 Å². The highest BCUT2D eigenvalue weighted by atomic mass is 15.0. The fourth-order valence-corrected chi connectivity index (χ4v) is 1.51. The van der Waals surface area contributed by atoms with Gasteiger partial charge in [-0.1, -0.05) is 12.1 Å². The number of rotatable bonds is 3. The number of pyridine rings is 1. The van der Waals surface area contributed by atoms with Crippen LogP contribution in [0, 0.1) is 11.3 Å². The molecule has 0 atom stereocenters. The number of benzene rings is 1. The summed E-state index contributed by atoms with van der Waals surface area (Å²) in [5, 5.41) is 11.6. The van der Waals surface area contributed by atoms with Crippen molar-refractivity contribution in [1.29, 1.82) is 5.26 Å². The molecule has 0 aliphatic heterocycles. The summed E-state index contributed by atoms with van der Waals surface area (Å²) in [6.45, 7) is 0. The Morgan fingerprint density at radius 1 is 1.28 bits per heavy atom. The van der Waals surface area contributed by atoms with Gasteiger partial charge >= 0.3 is 0 Å². The number of allylic oxidation sites excluding steroid dienone is 1. The molecular formula is C14H12N4. The first-order chi connectivity index (χ1) is 8.79. The van der Waals surface area contributed by atoms with Crippen LogP contribution in [-0.2, 0) is 0 Å². The Kier molecular flexibility index (Phi) is 3.57. The van der Waals surface area contributed by atoms with Crippen LogP contribution in [-0.4, -0.2) is 4.98 Å². The van der Waals surface area contributed by atoms with Gasteiger partial charge in [-0.2, -0.15) is 5.26 Å². The Hall–Kier alpha value is -2.80. The normalized spacial score (nSPS) is 10.2. The maximum Gasteiger partial charge on any atom is 0.153 e. The molecule has 2 aromatic rings. The first kappa shape index (κ1) is 11.7. The van der Waals surface area contributed by atoms with Gasteiger partial charge < -0.3 is 11.1 Å². The maximum absolute atomic E-state index is 8.49. The molecule has 0 fully saturated rings. The van der Waals surface area contributed by atoms with Crippen molar-refractivity contribution < 1.29 is 0 Å². The van der Waals surface area contributed by atoms with Crippen molar-refractivity contribution in [3.8, 4) is 6.07 Å². The molecule has 88 valence electrons. The number of nitrogens with one attached hydrogen (secondary N) is 1. The van der Waals surface area contributed by atoms with Crippen molar-refractivity contribution in [1.82, 2.24) is 4.98 Å². The zero-order valence-electron chi connectivity index (χ0n) is 9.67. The number of nitrogen functional groups attached to an aromatic ring is 1. The van der Waals surface area contributed by atoms with E-state index in [2.05, 4.69) is 10.3 Å². The second-order valence-corrected chi connectivity index (χ2v) is 3.65.